The second-order valence-corrected chi connectivity index (χ2v) is 4.85. The third kappa shape index (κ3) is 2.53. The molecule has 0 bridgehead atoms. The van der Waals surface area contributed by atoms with Crippen molar-refractivity contribution in [1.29, 1.82) is 0 Å². The second-order valence-electron chi connectivity index (χ2n) is 2.72. The van der Waals surface area contributed by atoms with Gasteiger partial charge in [0.25, 0.3) is 0 Å². The van der Waals surface area contributed by atoms with E-state index in [1.807, 2.05) is 6.07 Å². The lowest BCUT2D eigenvalue weighted by Gasteiger charge is -2.01. The summed E-state index contributed by atoms with van der Waals surface area (Å²) in [4.78, 5) is 12.3. The first kappa shape index (κ1) is 11.0. The Bertz CT molecular complexity index is 504. The van der Waals surface area contributed by atoms with E-state index >= 15 is 0 Å². The van der Waals surface area contributed by atoms with Crippen molar-refractivity contribution in [2.75, 3.05) is 0 Å². The smallest absolute Gasteiger partial charge is 0.162 e. The average molecular weight is 349 g/mol. The first-order chi connectivity index (χ1) is 7.16. The summed E-state index contributed by atoms with van der Waals surface area (Å²) in [6.07, 6.45) is 5.00. The Labute approximate surface area is 108 Å². The first-order valence-electron chi connectivity index (χ1n) is 3.96. The van der Waals surface area contributed by atoms with Crippen molar-refractivity contribution in [1.82, 2.24) is 15.0 Å². The lowest BCUT2D eigenvalue weighted by Crippen LogP contribution is -1.90. The first-order valence-corrected chi connectivity index (χ1v) is 5.92. The van der Waals surface area contributed by atoms with Gasteiger partial charge >= 0.3 is 0 Å². The molecule has 0 N–H and O–H groups in total. The van der Waals surface area contributed by atoms with E-state index in [1.165, 1.54) is 0 Å². The molecule has 0 saturated heterocycles. The summed E-state index contributed by atoms with van der Waals surface area (Å²) in [7, 11) is 0. The SMILES string of the molecule is Clc1nc(-c2cncc(Br)c2)ncc1Br. The van der Waals surface area contributed by atoms with Gasteiger partial charge < -0.3 is 0 Å². The van der Waals surface area contributed by atoms with Crippen molar-refractivity contribution in [2.24, 2.45) is 0 Å². The number of rotatable bonds is 1. The van der Waals surface area contributed by atoms with Gasteiger partial charge in [-0.05, 0) is 37.9 Å². The highest BCUT2D eigenvalue weighted by atomic mass is 79.9. The van der Waals surface area contributed by atoms with Gasteiger partial charge in [0.1, 0.15) is 5.15 Å². The Kier molecular flexibility index (Phi) is 3.33. The van der Waals surface area contributed by atoms with Crippen LogP contribution in [0.3, 0.4) is 0 Å². The van der Waals surface area contributed by atoms with E-state index in [0.717, 1.165) is 10.0 Å². The van der Waals surface area contributed by atoms with Gasteiger partial charge in [-0.1, -0.05) is 11.6 Å². The Morgan fingerprint density at radius 3 is 2.60 bits per heavy atom. The van der Waals surface area contributed by atoms with Gasteiger partial charge in [-0.2, -0.15) is 0 Å². The molecule has 0 spiro atoms. The van der Waals surface area contributed by atoms with Gasteiger partial charge in [-0.3, -0.25) is 4.98 Å². The fourth-order valence-electron chi connectivity index (χ4n) is 1.02. The van der Waals surface area contributed by atoms with E-state index in [9.17, 15) is 0 Å². The molecule has 0 radical (unpaired) electrons. The molecule has 2 rings (SSSR count). The number of aromatic nitrogens is 3. The van der Waals surface area contributed by atoms with Crippen LogP contribution in [0.25, 0.3) is 11.4 Å². The molecule has 76 valence electrons. The molecule has 0 aliphatic heterocycles. The van der Waals surface area contributed by atoms with Gasteiger partial charge in [-0.25, -0.2) is 9.97 Å². The second kappa shape index (κ2) is 4.55. The van der Waals surface area contributed by atoms with Gasteiger partial charge in [0.15, 0.2) is 5.82 Å². The van der Waals surface area contributed by atoms with Crippen molar-refractivity contribution >= 4 is 43.5 Å². The highest BCUT2D eigenvalue weighted by molar-refractivity contribution is 9.10. The van der Waals surface area contributed by atoms with Crippen LogP contribution >= 0.6 is 43.5 Å². The van der Waals surface area contributed by atoms with E-state index in [4.69, 9.17) is 11.6 Å². The average Bonchev–Trinajstić information content (AvgIpc) is 2.22. The van der Waals surface area contributed by atoms with E-state index < -0.39 is 0 Å². The predicted molar refractivity (Wildman–Crippen MR) is 65.7 cm³/mol. The number of nitrogens with zero attached hydrogens (tertiary/aromatic N) is 3. The van der Waals surface area contributed by atoms with Crippen molar-refractivity contribution in [3.05, 3.63) is 38.8 Å². The Morgan fingerprint density at radius 2 is 1.93 bits per heavy atom. The lowest BCUT2D eigenvalue weighted by atomic mass is 10.3. The number of halogens is 3. The quantitative estimate of drug-likeness (QED) is 0.737. The zero-order valence-electron chi connectivity index (χ0n) is 7.28. The summed E-state index contributed by atoms with van der Waals surface area (Å²) in [5, 5.41) is 0.389. The topological polar surface area (TPSA) is 38.7 Å². The Balaban J connectivity index is 2.50. The zero-order chi connectivity index (χ0) is 10.8. The molecule has 0 aliphatic carbocycles. The Hall–Kier alpha value is -0.520. The van der Waals surface area contributed by atoms with Gasteiger partial charge in [0, 0.05) is 28.6 Å². The third-order valence-electron chi connectivity index (χ3n) is 1.66. The minimum Gasteiger partial charge on any atom is -0.263 e. The summed E-state index contributed by atoms with van der Waals surface area (Å²) in [5.74, 6) is 0.553. The molecule has 15 heavy (non-hydrogen) atoms. The zero-order valence-corrected chi connectivity index (χ0v) is 11.2. The number of hydrogen-bond donors (Lipinski definition) is 0. The van der Waals surface area contributed by atoms with E-state index in [0.29, 0.717) is 15.5 Å². The largest absolute Gasteiger partial charge is 0.263 e. The molecule has 2 heterocycles. The third-order valence-corrected chi connectivity index (χ3v) is 3.19. The molecule has 0 atom stereocenters. The van der Waals surface area contributed by atoms with Crippen LogP contribution in [-0.2, 0) is 0 Å². The standard InChI is InChI=1S/C9H4Br2ClN3/c10-6-1-5(2-13-3-6)9-14-4-7(11)8(12)15-9/h1-4H. The van der Waals surface area contributed by atoms with Crippen LogP contribution in [0.1, 0.15) is 0 Å². The molecule has 0 saturated carbocycles. The van der Waals surface area contributed by atoms with Crippen LogP contribution in [0.4, 0.5) is 0 Å². The molecule has 0 unspecified atom stereocenters. The number of hydrogen-bond acceptors (Lipinski definition) is 3. The molecule has 2 aromatic heterocycles. The van der Waals surface area contributed by atoms with E-state index in [1.54, 1.807) is 18.6 Å². The monoisotopic (exact) mass is 347 g/mol. The maximum absolute atomic E-state index is 5.87. The predicted octanol–water partition coefficient (Wildman–Crippen LogP) is 3.72. The highest BCUT2D eigenvalue weighted by Gasteiger charge is 2.05. The van der Waals surface area contributed by atoms with Crippen LogP contribution in [0.2, 0.25) is 5.15 Å². The molecule has 0 fully saturated rings. The minimum atomic E-state index is 0.389. The Morgan fingerprint density at radius 1 is 1.13 bits per heavy atom. The fraction of sp³-hybridized carbons (Fsp3) is 0. The summed E-state index contributed by atoms with van der Waals surface area (Å²) in [6.45, 7) is 0. The molecular weight excluding hydrogens is 345 g/mol. The van der Waals surface area contributed by atoms with Crippen molar-refractivity contribution in [3.8, 4) is 11.4 Å². The summed E-state index contributed by atoms with van der Waals surface area (Å²) < 4.78 is 1.55. The van der Waals surface area contributed by atoms with Crippen LogP contribution in [0.15, 0.2) is 33.6 Å². The lowest BCUT2D eigenvalue weighted by molar-refractivity contribution is 1.15. The molecule has 3 nitrogen and oxygen atoms in total. The van der Waals surface area contributed by atoms with Gasteiger partial charge in [-0.15, -0.1) is 0 Å². The maximum atomic E-state index is 5.87. The van der Waals surface area contributed by atoms with Crippen molar-refractivity contribution in [3.63, 3.8) is 0 Å². The molecular formula is C9H4Br2ClN3. The number of pyridine rings is 1. The van der Waals surface area contributed by atoms with E-state index in [-0.39, 0.29) is 0 Å². The molecule has 0 aromatic carbocycles. The molecule has 0 aliphatic rings. The minimum absolute atomic E-state index is 0.389. The maximum Gasteiger partial charge on any atom is 0.162 e. The summed E-state index contributed by atoms with van der Waals surface area (Å²) in [5.41, 5.74) is 0.818. The van der Waals surface area contributed by atoms with Crippen molar-refractivity contribution < 1.29 is 0 Å². The van der Waals surface area contributed by atoms with Gasteiger partial charge in [0.2, 0.25) is 0 Å². The highest BCUT2D eigenvalue weighted by Crippen LogP contribution is 2.23. The van der Waals surface area contributed by atoms with Gasteiger partial charge in [0.05, 0.1) is 4.47 Å². The fourth-order valence-corrected chi connectivity index (χ4v) is 1.70. The van der Waals surface area contributed by atoms with Crippen LogP contribution in [0.5, 0.6) is 0 Å². The molecule has 0 amide bonds. The normalized spacial score (nSPS) is 10.3. The van der Waals surface area contributed by atoms with Crippen LogP contribution < -0.4 is 0 Å². The summed E-state index contributed by atoms with van der Waals surface area (Å²) in [6, 6.07) is 1.88. The summed E-state index contributed by atoms with van der Waals surface area (Å²) >= 11 is 12.4. The van der Waals surface area contributed by atoms with Crippen molar-refractivity contribution in [2.45, 2.75) is 0 Å². The molecule has 2 aromatic rings. The van der Waals surface area contributed by atoms with Crippen LogP contribution in [0, 0.1) is 0 Å². The van der Waals surface area contributed by atoms with Crippen LogP contribution in [-0.4, -0.2) is 15.0 Å². The molecule has 6 heteroatoms. The van der Waals surface area contributed by atoms with E-state index in [2.05, 4.69) is 46.8 Å².